The fourth-order valence-electron chi connectivity index (χ4n) is 3.29. The Morgan fingerprint density at radius 1 is 1.10 bits per heavy atom. The van der Waals surface area contributed by atoms with Crippen LogP contribution in [0.4, 0.5) is 4.39 Å². The molecule has 0 aliphatic carbocycles. The summed E-state index contributed by atoms with van der Waals surface area (Å²) in [6, 6.07) is 12.1. The molecule has 3 aromatic heterocycles. The summed E-state index contributed by atoms with van der Waals surface area (Å²) in [7, 11) is 0. The van der Waals surface area contributed by atoms with Crippen LogP contribution < -0.4 is 5.32 Å². The highest BCUT2D eigenvalue weighted by Gasteiger charge is 2.30. The first kappa shape index (κ1) is 18.5. The minimum Gasteiger partial charge on any atom is -0.281 e. The Bertz CT molecular complexity index is 1250. The zero-order valence-electron chi connectivity index (χ0n) is 15.7. The molecule has 1 N–H and O–H groups in total. The maximum atomic E-state index is 13.3. The average Bonchev–Trinajstić information content (AvgIpc) is 3.21. The predicted molar refractivity (Wildman–Crippen MR) is 112 cm³/mol. The average molecular weight is 414 g/mol. The minimum absolute atomic E-state index is 0.273. The minimum atomic E-state index is -0.316. The molecule has 30 heavy (non-hydrogen) atoms. The second kappa shape index (κ2) is 7.71. The summed E-state index contributed by atoms with van der Waals surface area (Å²) in [4.78, 5) is 13.4. The van der Waals surface area contributed by atoms with Gasteiger partial charge in [0.25, 0.3) is 0 Å². The molecule has 1 atom stereocenters. The Hall–Kier alpha value is -3.54. The first-order valence-corrected chi connectivity index (χ1v) is 10.0. The molecule has 6 nitrogen and oxygen atoms in total. The summed E-state index contributed by atoms with van der Waals surface area (Å²) < 4.78 is 15.1. The summed E-state index contributed by atoms with van der Waals surface area (Å²) in [6.07, 6.45) is 10.4. The molecule has 1 aromatic carbocycles. The van der Waals surface area contributed by atoms with E-state index in [9.17, 15) is 4.39 Å². The van der Waals surface area contributed by atoms with Crippen LogP contribution in [0.15, 0.2) is 71.2 Å². The highest BCUT2D eigenvalue weighted by molar-refractivity contribution is 7.99. The van der Waals surface area contributed by atoms with Gasteiger partial charge in [-0.15, -0.1) is 11.5 Å². The number of benzene rings is 1. The monoisotopic (exact) mass is 414 g/mol. The van der Waals surface area contributed by atoms with E-state index in [1.165, 1.54) is 23.9 Å². The van der Waals surface area contributed by atoms with Gasteiger partial charge in [0.15, 0.2) is 11.0 Å². The third-order valence-electron chi connectivity index (χ3n) is 4.72. The molecule has 5 rings (SSSR count). The highest BCUT2D eigenvalue weighted by atomic mass is 32.2. The summed E-state index contributed by atoms with van der Waals surface area (Å²) in [5.41, 5.74) is 3.59. The fourth-order valence-corrected chi connectivity index (χ4v) is 4.23. The zero-order chi connectivity index (χ0) is 20.5. The van der Waals surface area contributed by atoms with Crippen molar-refractivity contribution in [3.63, 3.8) is 0 Å². The van der Waals surface area contributed by atoms with E-state index in [1.807, 2.05) is 22.9 Å². The molecule has 146 valence electrons. The van der Waals surface area contributed by atoms with E-state index in [0.717, 1.165) is 32.4 Å². The van der Waals surface area contributed by atoms with E-state index in [2.05, 4.69) is 26.2 Å². The van der Waals surface area contributed by atoms with Crippen molar-refractivity contribution in [1.29, 1.82) is 0 Å². The van der Waals surface area contributed by atoms with Crippen molar-refractivity contribution in [3.8, 4) is 34.9 Å². The van der Waals surface area contributed by atoms with Crippen LogP contribution in [0, 0.1) is 18.2 Å². The molecule has 8 heteroatoms. The molecule has 0 saturated heterocycles. The Morgan fingerprint density at radius 2 is 1.90 bits per heavy atom. The maximum absolute atomic E-state index is 13.3. The normalized spacial score (nSPS) is 14.6. The Balaban J connectivity index is 1.59. The van der Waals surface area contributed by atoms with Crippen LogP contribution in [0.3, 0.4) is 0 Å². The van der Waals surface area contributed by atoms with Crippen LogP contribution >= 0.6 is 11.8 Å². The van der Waals surface area contributed by atoms with Crippen LogP contribution in [0.25, 0.3) is 22.5 Å². The third kappa shape index (κ3) is 3.34. The Labute approximate surface area is 176 Å². The Morgan fingerprint density at radius 3 is 2.67 bits per heavy atom. The van der Waals surface area contributed by atoms with Crippen LogP contribution in [-0.2, 0) is 0 Å². The largest absolute Gasteiger partial charge is 0.281 e. The molecular formula is C22H15FN6S. The number of hydrogen-bond donors (Lipinski definition) is 1. The van der Waals surface area contributed by atoms with Crippen molar-refractivity contribution >= 4 is 11.8 Å². The highest BCUT2D eigenvalue weighted by Crippen LogP contribution is 2.40. The molecule has 1 aliphatic rings. The number of nitrogens with one attached hydrogen (secondary N) is 1. The van der Waals surface area contributed by atoms with E-state index >= 15 is 0 Å². The third-order valence-corrected chi connectivity index (χ3v) is 5.71. The van der Waals surface area contributed by atoms with E-state index in [4.69, 9.17) is 11.5 Å². The van der Waals surface area contributed by atoms with Crippen molar-refractivity contribution in [1.82, 2.24) is 30.0 Å². The van der Waals surface area contributed by atoms with Gasteiger partial charge in [-0.1, -0.05) is 18.1 Å². The van der Waals surface area contributed by atoms with Crippen molar-refractivity contribution < 1.29 is 4.39 Å². The summed E-state index contributed by atoms with van der Waals surface area (Å²) in [6.45, 7) is 0.361. The van der Waals surface area contributed by atoms with Crippen molar-refractivity contribution in [2.75, 3.05) is 6.54 Å². The predicted octanol–water partition coefficient (Wildman–Crippen LogP) is 3.78. The van der Waals surface area contributed by atoms with Gasteiger partial charge < -0.3 is 0 Å². The second-order valence-electron chi connectivity index (χ2n) is 6.61. The molecule has 4 heterocycles. The second-order valence-corrected chi connectivity index (χ2v) is 7.57. The van der Waals surface area contributed by atoms with Crippen LogP contribution in [0.5, 0.6) is 0 Å². The van der Waals surface area contributed by atoms with Gasteiger partial charge in [0.2, 0.25) is 0 Å². The molecule has 0 saturated carbocycles. The van der Waals surface area contributed by atoms with Crippen molar-refractivity contribution in [2.45, 2.75) is 16.3 Å². The number of pyridine rings is 2. The van der Waals surface area contributed by atoms with Gasteiger partial charge in [-0.3, -0.25) is 10.3 Å². The molecule has 0 fully saturated rings. The first-order valence-electron chi connectivity index (χ1n) is 9.20. The lowest BCUT2D eigenvalue weighted by molar-refractivity contribution is 0.404. The van der Waals surface area contributed by atoms with Crippen LogP contribution in [0.1, 0.15) is 11.7 Å². The SMILES string of the molecule is C#CCN[C@@H]1c2cc(-c3ccc(F)cc3)cnc2Sc2nc(-c3ccncc3)nn21. The number of rotatable bonds is 4. The Kier molecular flexibility index (Phi) is 4.75. The van der Waals surface area contributed by atoms with Gasteiger partial charge in [0.1, 0.15) is 17.0 Å². The van der Waals surface area contributed by atoms with Gasteiger partial charge in [-0.25, -0.2) is 19.0 Å². The number of halogens is 1. The lowest BCUT2D eigenvalue weighted by Crippen LogP contribution is -2.32. The van der Waals surface area contributed by atoms with E-state index in [0.29, 0.717) is 12.4 Å². The quantitative estimate of drug-likeness (QED) is 0.513. The number of aromatic nitrogens is 5. The summed E-state index contributed by atoms with van der Waals surface area (Å²) in [5, 5.41) is 9.61. The zero-order valence-corrected chi connectivity index (χ0v) is 16.5. The lowest BCUT2D eigenvalue weighted by atomic mass is 10.0. The molecule has 4 aromatic rings. The van der Waals surface area contributed by atoms with Crippen LogP contribution in [-0.4, -0.2) is 31.3 Å². The number of fused-ring (bicyclic) bond motifs is 2. The molecular weight excluding hydrogens is 399 g/mol. The first-order chi connectivity index (χ1) is 14.7. The van der Waals surface area contributed by atoms with Crippen molar-refractivity contribution in [3.05, 3.63) is 72.4 Å². The summed E-state index contributed by atoms with van der Waals surface area (Å²) >= 11 is 1.45. The molecule has 0 unspecified atom stereocenters. The molecule has 0 spiro atoms. The number of terminal acetylenes is 1. The van der Waals surface area contributed by atoms with Crippen molar-refractivity contribution in [2.24, 2.45) is 0 Å². The van der Waals surface area contributed by atoms with E-state index < -0.39 is 0 Å². The maximum Gasteiger partial charge on any atom is 0.194 e. The van der Waals surface area contributed by atoms with Gasteiger partial charge >= 0.3 is 0 Å². The topological polar surface area (TPSA) is 68.5 Å². The van der Waals surface area contributed by atoms with Gasteiger partial charge in [-0.05, 0) is 47.7 Å². The molecule has 0 amide bonds. The van der Waals surface area contributed by atoms with Gasteiger partial charge in [0, 0.05) is 35.3 Å². The van der Waals surface area contributed by atoms with E-state index in [-0.39, 0.29) is 12.0 Å². The standard InChI is InChI=1S/C22H15FN6S/c1-2-9-25-20-18-12-16(14-3-5-17(23)6-4-14)13-26-21(18)30-22-27-19(28-29(20)22)15-7-10-24-11-8-15/h1,3-8,10-13,20,25H,9H2/t20-/m0/s1. The van der Waals surface area contributed by atoms with Crippen LogP contribution in [0.2, 0.25) is 0 Å². The molecule has 1 aliphatic heterocycles. The number of nitrogens with zero attached hydrogens (tertiary/aromatic N) is 5. The smallest absolute Gasteiger partial charge is 0.194 e. The van der Waals surface area contributed by atoms with Gasteiger partial charge in [0.05, 0.1) is 6.54 Å². The fraction of sp³-hybridized carbons (Fsp3) is 0.0909. The number of hydrogen-bond acceptors (Lipinski definition) is 6. The summed E-state index contributed by atoms with van der Waals surface area (Å²) in [5.74, 6) is 2.95. The van der Waals surface area contributed by atoms with E-state index in [1.54, 1.807) is 30.7 Å². The molecule has 0 radical (unpaired) electrons. The van der Waals surface area contributed by atoms with Gasteiger partial charge in [-0.2, -0.15) is 0 Å². The lowest BCUT2D eigenvalue weighted by Gasteiger charge is -2.26. The molecule has 0 bridgehead atoms.